The van der Waals surface area contributed by atoms with Gasteiger partial charge in [-0.3, -0.25) is 4.79 Å². The fourth-order valence-electron chi connectivity index (χ4n) is 2.22. The van der Waals surface area contributed by atoms with Crippen molar-refractivity contribution in [3.63, 3.8) is 0 Å². The Bertz CT molecular complexity index is 817. The third-order valence-corrected chi connectivity index (χ3v) is 5.15. The van der Waals surface area contributed by atoms with Crippen LogP contribution in [-0.4, -0.2) is 34.6 Å². The van der Waals surface area contributed by atoms with Crippen molar-refractivity contribution in [2.45, 2.75) is 18.4 Å². The molecule has 2 aromatic carbocycles. The van der Waals surface area contributed by atoms with Crippen molar-refractivity contribution in [3.05, 3.63) is 65.2 Å². The van der Waals surface area contributed by atoms with Gasteiger partial charge in [0.15, 0.2) is 0 Å². The van der Waals surface area contributed by atoms with Crippen LogP contribution in [0.5, 0.6) is 0 Å². The largest absolute Gasteiger partial charge is 0.383 e. The van der Waals surface area contributed by atoms with E-state index in [4.69, 9.17) is 4.74 Å². The number of methoxy groups -OCH3 is 1. The third-order valence-electron chi connectivity index (χ3n) is 3.73. The number of nitrogens with one attached hydrogen (secondary N) is 2. The van der Waals surface area contributed by atoms with Crippen LogP contribution in [0.2, 0.25) is 0 Å². The molecule has 0 spiro atoms. The Kier molecular flexibility index (Phi) is 6.69. The fraction of sp³-hybridized carbons (Fsp3) is 0.278. The fourth-order valence-corrected chi connectivity index (χ4v) is 3.23. The second kappa shape index (κ2) is 8.75. The van der Waals surface area contributed by atoms with Crippen LogP contribution in [0.3, 0.4) is 0 Å². The molecule has 2 aromatic rings. The Labute approximate surface area is 148 Å². The molecule has 0 saturated heterocycles. The molecule has 2 N–H and O–H groups in total. The standard InChI is InChI=1S/C18H22N2O4S/c1-14-5-3-4-6-16(14)13-20-25(22,23)17-9-7-15(8-10-17)18(21)19-11-12-24-2/h3-10,20H,11-13H2,1-2H3,(H,19,21). The summed E-state index contributed by atoms with van der Waals surface area (Å²) in [6.07, 6.45) is 0. The molecular formula is C18H22N2O4S. The van der Waals surface area contributed by atoms with Crippen LogP contribution in [0.4, 0.5) is 0 Å². The zero-order valence-electron chi connectivity index (χ0n) is 14.3. The molecule has 134 valence electrons. The van der Waals surface area contributed by atoms with Crippen LogP contribution in [0, 0.1) is 6.92 Å². The summed E-state index contributed by atoms with van der Waals surface area (Å²) < 4.78 is 32.2. The molecule has 0 bridgehead atoms. The van der Waals surface area contributed by atoms with Crippen LogP contribution >= 0.6 is 0 Å². The molecule has 0 aromatic heterocycles. The highest BCUT2D eigenvalue weighted by atomic mass is 32.2. The molecular weight excluding hydrogens is 340 g/mol. The van der Waals surface area contributed by atoms with Gasteiger partial charge in [0.1, 0.15) is 0 Å². The average molecular weight is 362 g/mol. The smallest absolute Gasteiger partial charge is 0.251 e. The summed E-state index contributed by atoms with van der Waals surface area (Å²) in [6, 6.07) is 13.4. The van der Waals surface area contributed by atoms with Crippen LogP contribution in [0.25, 0.3) is 0 Å². The van der Waals surface area contributed by atoms with Gasteiger partial charge in [0.05, 0.1) is 11.5 Å². The molecule has 1 amide bonds. The summed E-state index contributed by atoms with van der Waals surface area (Å²) in [5, 5.41) is 2.68. The van der Waals surface area contributed by atoms with Gasteiger partial charge in [0, 0.05) is 25.8 Å². The molecule has 0 atom stereocenters. The zero-order chi connectivity index (χ0) is 18.3. The molecule has 7 heteroatoms. The zero-order valence-corrected chi connectivity index (χ0v) is 15.1. The molecule has 0 heterocycles. The average Bonchev–Trinajstić information content (AvgIpc) is 2.61. The van der Waals surface area contributed by atoms with E-state index < -0.39 is 10.0 Å². The Morgan fingerprint density at radius 1 is 1.08 bits per heavy atom. The minimum absolute atomic E-state index is 0.120. The number of rotatable bonds is 8. The minimum Gasteiger partial charge on any atom is -0.383 e. The summed E-state index contributed by atoms with van der Waals surface area (Å²) >= 11 is 0. The highest BCUT2D eigenvalue weighted by molar-refractivity contribution is 7.89. The van der Waals surface area contributed by atoms with E-state index in [0.717, 1.165) is 11.1 Å². The lowest BCUT2D eigenvalue weighted by Crippen LogP contribution is -2.27. The summed E-state index contributed by atoms with van der Waals surface area (Å²) in [4.78, 5) is 12.0. The Morgan fingerprint density at radius 2 is 1.76 bits per heavy atom. The van der Waals surface area contributed by atoms with E-state index in [2.05, 4.69) is 10.0 Å². The van der Waals surface area contributed by atoms with Crippen molar-refractivity contribution in [3.8, 4) is 0 Å². The second-order valence-corrected chi connectivity index (χ2v) is 7.29. The lowest BCUT2D eigenvalue weighted by atomic mass is 10.1. The molecule has 6 nitrogen and oxygen atoms in total. The molecule has 0 unspecified atom stereocenters. The highest BCUT2D eigenvalue weighted by Gasteiger charge is 2.15. The van der Waals surface area contributed by atoms with Crippen LogP contribution in [0.1, 0.15) is 21.5 Å². The lowest BCUT2D eigenvalue weighted by molar-refractivity contribution is 0.0937. The summed E-state index contributed by atoms with van der Waals surface area (Å²) in [5.74, 6) is -0.270. The summed E-state index contributed by atoms with van der Waals surface area (Å²) in [7, 11) is -2.09. The van der Waals surface area contributed by atoms with Gasteiger partial charge in [-0.2, -0.15) is 0 Å². The van der Waals surface area contributed by atoms with Gasteiger partial charge in [0.2, 0.25) is 10.0 Å². The maximum absolute atomic E-state index is 12.4. The van der Waals surface area contributed by atoms with Gasteiger partial charge in [-0.05, 0) is 42.3 Å². The maximum atomic E-state index is 12.4. The molecule has 0 aliphatic heterocycles. The predicted molar refractivity (Wildman–Crippen MR) is 95.9 cm³/mol. The van der Waals surface area contributed by atoms with Crippen molar-refractivity contribution in [1.29, 1.82) is 0 Å². The normalized spacial score (nSPS) is 11.3. The van der Waals surface area contributed by atoms with Crippen molar-refractivity contribution in [1.82, 2.24) is 10.0 Å². The van der Waals surface area contributed by atoms with E-state index >= 15 is 0 Å². The van der Waals surface area contributed by atoms with Gasteiger partial charge >= 0.3 is 0 Å². The summed E-state index contributed by atoms with van der Waals surface area (Å²) in [5.41, 5.74) is 2.34. The minimum atomic E-state index is -3.64. The van der Waals surface area contributed by atoms with Gasteiger partial charge in [-0.15, -0.1) is 0 Å². The first kappa shape index (κ1) is 19.1. The first-order valence-electron chi connectivity index (χ1n) is 7.85. The number of carbonyl (C=O) groups excluding carboxylic acids is 1. The van der Waals surface area contributed by atoms with E-state index in [1.165, 1.54) is 24.3 Å². The molecule has 25 heavy (non-hydrogen) atoms. The van der Waals surface area contributed by atoms with Gasteiger partial charge in [-0.25, -0.2) is 13.1 Å². The van der Waals surface area contributed by atoms with Gasteiger partial charge in [0.25, 0.3) is 5.91 Å². The van der Waals surface area contributed by atoms with Crippen molar-refractivity contribution in [2.24, 2.45) is 0 Å². The molecule has 0 radical (unpaired) electrons. The molecule has 0 aliphatic rings. The second-order valence-electron chi connectivity index (χ2n) is 5.52. The predicted octanol–water partition coefficient (Wildman–Crippen LogP) is 1.85. The van der Waals surface area contributed by atoms with E-state index in [9.17, 15) is 13.2 Å². The number of aryl methyl sites for hydroxylation is 1. The number of benzene rings is 2. The Morgan fingerprint density at radius 3 is 2.40 bits per heavy atom. The number of hydrogen-bond donors (Lipinski definition) is 2. The van der Waals surface area contributed by atoms with E-state index in [1.54, 1.807) is 7.11 Å². The molecule has 0 saturated carbocycles. The van der Waals surface area contributed by atoms with E-state index in [1.807, 2.05) is 31.2 Å². The number of sulfonamides is 1. The lowest BCUT2D eigenvalue weighted by Gasteiger charge is -2.10. The Balaban J connectivity index is 2.02. The maximum Gasteiger partial charge on any atom is 0.251 e. The number of hydrogen-bond acceptors (Lipinski definition) is 4. The van der Waals surface area contributed by atoms with Crippen molar-refractivity contribution in [2.75, 3.05) is 20.3 Å². The number of amides is 1. The molecule has 2 rings (SSSR count). The van der Waals surface area contributed by atoms with Gasteiger partial charge in [-0.1, -0.05) is 24.3 Å². The SMILES string of the molecule is COCCNC(=O)c1ccc(S(=O)(=O)NCc2ccccc2C)cc1. The third kappa shape index (κ3) is 5.38. The first-order valence-corrected chi connectivity index (χ1v) is 9.34. The van der Waals surface area contributed by atoms with Gasteiger partial charge < -0.3 is 10.1 Å². The Hall–Kier alpha value is -2.22. The summed E-state index contributed by atoms with van der Waals surface area (Å²) in [6.45, 7) is 2.96. The van der Waals surface area contributed by atoms with Crippen molar-refractivity contribution >= 4 is 15.9 Å². The van der Waals surface area contributed by atoms with Crippen LogP contribution < -0.4 is 10.0 Å². The van der Waals surface area contributed by atoms with Crippen LogP contribution in [-0.2, 0) is 21.3 Å². The molecule has 0 aliphatic carbocycles. The van der Waals surface area contributed by atoms with Crippen LogP contribution in [0.15, 0.2) is 53.4 Å². The van der Waals surface area contributed by atoms with E-state index in [-0.39, 0.29) is 17.3 Å². The van der Waals surface area contributed by atoms with E-state index in [0.29, 0.717) is 18.7 Å². The topological polar surface area (TPSA) is 84.5 Å². The quantitative estimate of drug-likeness (QED) is 0.702. The highest BCUT2D eigenvalue weighted by Crippen LogP contribution is 2.13. The molecule has 0 fully saturated rings. The number of carbonyl (C=O) groups is 1. The number of ether oxygens (including phenoxy) is 1. The van der Waals surface area contributed by atoms with Crippen molar-refractivity contribution < 1.29 is 17.9 Å². The first-order chi connectivity index (χ1) is 11.9. The monoisotopic (exact) mass is 362 g/mol.